The van der Waals surface area contributed by atoms with Crippen LogP contribution in [0.1, 0.15) is 33.2 Å². The van der Waals surface area contributed by atoms with Crippen molar-refractivity contribution in [3.05, 3.63) is 55.2 Å². The van der Waals surface area contributed by atoms with Gasteiger partial charge in [0.2, 0.25) is 0 Å². The quantitative estimate of drug-likeness (QED) is 0.869. The van der Waals surface area contributed by atoms with Crippen molar-refractivity contribution < 1.29 is 0 Å². The highest BCUT2D eigenvalue weighted by molar-refractivity contribution is 9.10. The molecule has 0 aliphatic heterocycles. The van der Waals surface area contributed by atoms with Crippen LogP contribution >= 0.6 is 27.3 Å². The average Bonchev–Trinajstić information content (AvgIpc) is 2.69. The Bertz CT molecular complexity index is 545. The van der Waals surface area contributed by atoms with Crippen LogP contribution in [0.2, 0.25) is 0 Å². The second-order valence-electron chi connectivity index (χ2n) is 4.44. The maximum absolute atomic E-state index is 6.34. The Kier molecular flexibility index (Phi) is 3.71. The summed E-state index contributed by atoms with van der Waals surface area (Å²) in [6, 6.07) is 6.51. The van der Waals surface area contributed by atoms with Gasteiger partial charge in [-0.15, -0.1) is 11.3 Å². The fraction of sp³-hybridized carbons (Fsp3) is 0.286. The Morgan fingerprint density at radius 3 is 2.29 bits per heavy atom. The molecular formula is C14H16BrNS. The highest BCUT2D eigenvalue weighted by Gasteiger charge is 2.14. The predicted octanol–water partition coefficient (Wildman–Crippen LogP) is 4.48. The van der Waals surface area contributed by atoms with E-state index in [1.807, 2.05) is 0 Å². The first-order chi connectivity index (χ1) is 7.99. The number of rotatable bonds is 2. The Hall–Kier alpha value is -0.640. The minimum Gasteiger partial charge on any atom is -0.320 e. The zero-order valence-electron chi connectivity index (χ0n) is 10.3. The van der Waals surface area contributed by atoms with E-state index in [1.165, 1.54) is 27.1 Å². The van der Waals surface area contributed by atoms with Crippen molar-refractivity contribution in [2.24, 2.45) is 5.73 Å². The van der Waals surface area contributed by atoms with Crippen LogP contribution in [-0.4, -0.2) is 0 Å². The lowest BCUT2D eigenvalue weighted by Crippen LogP contribution is -2.12. The normalized spacial score (nSPS) is 12.8. The number of aryl methyl sites for hydroxylation is 3. The van der Waals surface area contributed by atoms with E-state index in [0.29, 0.717) is 0 Å². The molecule has 90 valence electrons. The molecule has 0 aliphatic rings. The molecule has 2 N–H and O–H groups in total. The second-order valence-corrected chi connectivity index (χ2v) is 6.30. The second kappa shape index (κ2) is 4.92. The lowest BCUT2D eigenvalue weighted by atomic mass is 9.95. The van der Waals surface area contributed by atoms with E-state index >= 15 is 0 Å². The van der Waals surface area contributed by atoms with Crippen molar-refractivity contribution in [3.8, 4) is 0 Å². The summed E-state index contributed by atoms with van der Waals surface area (Å²) in [6.45, 7) is 6.40. The third-order valence-corrected chi connectivity index (χ3v) is 4.89. The molecule has 0 saturated carbocycles. The lowest BCUT2D eigenvalue weighted by Gasteiger charge is -2.15. The van der Waals surface area contributed by atoms with E-state index in [9.17, 15) is 0 Å². The van der Waals surface area contributed by atoms with Crippen LogP contribution in [0.5, 0.6) is 0 Å². The summed E-state index contributed by atoms with van der Waals surface area (Å²) in [5.41, 5.74) is 11.5. The first-order valence-electron chi connectivity index (χ1n) is 5.56. The molecule has 1 nitrogen and oxygen atoms in total. The molecule has 0 bridgehead atoms. The molecular weight excluding hydrogens is 294 g/mol. The van der Waals surface area contributed by atoms with E-state index in [0.717, 1.165) is 4.47 Å². The van der Waals surface area contributed by atoms with Crippen LogP contribution in [0.3, 0.4) is 0 Å². The number of hydrogen-bond acceptors (Lipinski definition) is 2. The maximum Gasteiger partial charge on any atom is 0.0649 e. The standard InChI is InChI=1S/C14H16BrNS/c1-8-4-10(3)12(5-9(8)2)14(16)13-6-11(15)7-17-13/h4-7,14H,16H2,1-3H3. The number of thiophene rings is 1. The molecule has 0 amide bonds. The van der Waals surface area contributed by atoms with Crippen molar-refractivity contribution in [3.63, 3.8) is 0 Å². The smallest absolute Gasteiger partial charge is 0.0649 e. The molecule has 1 heterocycles. The van der Waals surface area contributed by atoms with Gasteiger partial charge in [0.15, 0.2) is 0 Å². The Balaban J connectivity index is 2.43. The molecule has 0 radical (unpaired) electrons. The molecule has 0 saturated heterocycles. The SMILES string of the molecule is Cc1cc(C)c(C(N)c2cc(Br)cs2)cc1C. The minimum absolute atomic E-state index is 0.0226. The topological polar surface area (TPSA) is 26.0 Å². The minimum atomic E-state index is -0.0226. The van der Waals surface area contributed by atoms with Gasteiger partial charge in [-0.25, -0.2) is 0 Å². The van der Waals surface area contributed by atoms with Gasteiger partial charge in [0, 0.05) is 14.7 Å². The number of nitrogens with two attached hydrogens (primary N) is 1. The number of hydrogen-bond donors (Lipinski definition) is 1. The highest BCUT2D eigenvalue weighted by Crippen LogP contribution is 2.31. The van der Waals surface area contributed by atoms with Gasteiger partial charge in [-0.05, 0) is 65.0 Å². The molecule has 0 fully saturated rings. The fourth-order valence-corrected chi connectivity index (χ4v) is 3.43. The summed E-state index contributed by atoms with van der Waals surface area (Å²) in [5.74, 6) is 0. The summed E-state index contributed by atoms with van der Waals surface area (Å²) in [5, 5.41) is 2.07. The molecule has 2 aromatic rings. The van der Waals surface area contributed by atoms with Crippen molar-refractivity contribution in [2.45, 2.75) is 26.8 Å². The molecule has 2 rings (SSSR count). The maximum atomic E-state index is 6.34. The van der Waals surface area contributed by atoms with Crippen LogP contribution in [0, 0.1) is 20.8 Å². The van der Waals surface area contributed by atoms with Crippen molar-refractivity contribution in [1.29, 1.82) is 0 Å². The van der Waals surface area contributed by atoms with Crippen LogP contribution in [0.15, 0.2) is 28.1 Å². The number of halogens is 1. The van der Waals surface area contributed by atoms with Crippen LogP contribution in [0.4, 0.5) is 0 Å². The molecule has 1 aromatic heterocycles. The van der Waals surface area contributed by atoms with Crippen LogP contribution in [-0.2, 0) is 0 Å². The summed E-state index contributed by atoms with van der Waals surface area (Å²) < 4.78 is 1.11. The summed E-state index contributed by atoms with van der Waals surface area (Å²) in [7, 11) is 0. The van der Waals surface area contributed by atoms with Crippen LogP contribution < -0.4 is 5.73 Å². The molecule has 1 atom stereocenters. The fourth-order valence-electron chi connectivity index (χ4n) is 1.96. The summed E-state index contributed by atoms with van der Waals surface area (Å²) in [6.07, 6.45) is 0. The van der Waals surface area contributed by atoms with Gasteiger partial charge in [-0.1, -0.05) is 12.1 Å². The average molecular weight is 310 g/mol. The third-order valence-electron chi connectivity index (χ3n) is 3.11. The van der Waals surface area contributed by atoms with Crippen molar-refractivity contribution in [1.82, 2.24) is 0 Å². The van der Waals surface area contributed by atoms with Crippen LogP contribution in [0.25, 0.3) is 0 Å². The van der Waals surface area contributed by atoms with E-state index in [2.05, 4.69) is 60.3 Å². The molecule has 0 spiro atoms. The zero-order valence-corrected chi connectivity index (χ0v) is 12.7. The van der Waals surface area contributed by atoms with Crippen molar-refractivity contribution >= 4 is 27.3 Å². The predicted molar refractivity (Wildman–Crippen MR) is 78.7 cm³/mol. The Morgan fingerprint density at radius 1 is 1.06 bits per heavy atom. The summed E-state index contributed by atoms with van der Waals surface area (Å²) in [4.78, 5) is 1.20. The molecule has 1 aromatic carbocycles. The zero-order chi connectivity index (χ0) is 12.6. The molecule has 3 heteroatoms. The first-order valence-corrected chi connectivity index (χ1v) is 7.23. The van der Waals surface area contributed by atoms with Gasteiger partial charge in [-0.2, -0.15) is 0 Å². The van der Waals surface area contributed by atoms with E-state index in [4.69, 9.17) is 5.73 Å². The monoisotopic (exact) mass is 309 g/mol. The third kappa shape index (κ3) is 2.62. The van der Waals surface area contributed by atoms with E-state index < -0.39 is 0 Å². The molecule has 0 aliphatic carbocycles. The largest absolute Gasteiger partial charge is 0.320 e. The lowest BCUT2D eigenvalue weighted by molar-refractivity contribution is 0.878. The van der Waals surface area contributed by atoms with Gasteiger partial charge in [0.25, 0.3) is 0 Å². The van der Waals surface area contributed by atoms with Gasteiger partial charge >= 0.3 is 0 Å². The summed E-state index contributed by atoms with van der Waals surface area (Å²) >= 11 is 5.17. The highest BCUT2D eigenvalue weighted by atomic mass is 79.9. The van der Waals surface area contributed by atoms with Gasteiger partial charge in [-0.3, -0.25) is 0 Å². The van der Waals surface area contributed by atoms with Crippen molar-refractivity contribution in [2.75, 3.05) is 0 Å². The Labute approximate surface area is 115 Å². The van der Waals surface area contributed by atoms with Gasteiger partial charge in [0.05, 0.1) is 6.04 Å². The Morgan fingerprint density at radius 2 is 1.71 bits per heavy atom. The molecule has 1 unspecified atom stereocenters. The van der Waals surface area contributed by atoms with E-state index in [-0.39, 0.29) is 6.04 Å². The molecule has 17 heavy (non-hydrogen) atoms. The van der Waals surface area contributed by atoms with Gasteiger partial charge in [0.1, 0.15) is 0 Å². The van der Waals surface area contributed by atoms with E-state index in [1.54, 1.807) is 11.3 Å². The van der Waals surface area contributed by atoms with Gasteiger partial charge < -0.3 is 5.73 Å². The first kappa shape index (κ1) is 12.8. The number of benzene rings is 1.